The number of Topliss-reactive ketones (excluding diaryl/α,β-unsaturated/α-hetero) is 1. The van der Waals surface area contributed by atoms with Gasteiger partial charge in [0.2, 0.25) is 5.78 Å². The minimum Gasteiger partial charge on any atom is -0.447 e. The second kappa shape index (κ2) is 8.82. The Bertz CT molecular complexity index is 1210. The first-order valence-electron chi connectivity index (χ1n) is 10.6. The van der Waals surface area contributed by atoms with E-state index >= 15 is 0 Å². The van der Waals surface area contributed by atoms with E-state index in [1.54, 1.807) is 48.5 Å². The number of benzene rings is 3. The summed E-state index contributed by atoms with van der Waals surface area (Å²) in [6.45, 7) is 5.25. The van der Waals surface area contributed by atoms with E-state index in [9.17, 15) is 19.2 Å². The van der Waals surface area contributed by atoms with Crippen molar-refractivity contribution in [1.29, 1.82) is 0 Å². The highest BCUT2D eigenvalue weighted by atomic mass is 16.5. The van der Waals surface area contributed by atoms with Gasteiger partial charge in [-0.15, -0.1) is 0 Å². The van der Waals surface area contributed by atoms with E-state index in [0.29, 0.717) is 11.1 Å². The molecule has 0 fully saturated rings. The number of ether oxygens (including phenoxy) is 1. The molecular formula is C27H23NO5. The van der Waals surface area contributed by atoms with Crippen molar-refractivity contribution < 1.29 is 23.9 Å². The SMILES string of the molecule is Cc1ccc(C(=O)[C@@H](OC(=O)[C@H](C)N2C(=O)c3ccccc3C2=O)c2ccc(C)cc2)cc1. The number of carbonyl (C=O) groups is 4. The zero-order chi connectivity index (χ0) is 23.7. The molecule has 2 amide bonds. The Balaban J connectivity index is 1.62. The number of imide groups is 1. The number of carbonyl (C=O) groups excluding carboxylic acids is 4. The summed E-state index contributed by atoms with van der Waals surface area (Å²) in [6.07, 6.45) is -1.21. The van der Waals surface area contributed by atoms with Crippen LogP contribution in [0.3, 0.4) is 0 Å². The highest BCUT2D eigenvalue weighted by Gasteiger charge is 2.42. The Labute approximate surface area is 191 Å². The molecule has 0 bridgehead atoms. The maximum atomic E-state index is 13.3. The van der Waals surface area contributed by atoms with Crippen LogP contribution < -0.4 is 0 Å². The van der Waals surface area contributed by atoms with E-state index in [2.05, 4.69) is 0 Å². The number of amides is 2. The maximum Gasteiger partial charge on any atom is 0.330 e. The van der Waals surface area contributed by atoms with Gasteiger partial charge in [-0.25, -0.2) is 4.79 Å². The van der Waals surface area contributed by atoms with Crippen LogP contribution in [0.1, 0.15) is 60.8 Å². The standard InChI is InChI=1S/C27H23NO5/c1-16-8-12-19(13-9-16)23(29)24(20-14-10-17(2)11-15-20)33-27(32)18(3)28-25(30)21-6-4-5-7-22(21)26(28)31/h4-15,18,24H,1-3H3/t18-,24-/m0/s1. The van der Waals surface area contributed by atoms with Gasteiger partial charge in [0.1, 0.15) is 6.04 Å². The molecule has 0 saturated carbocycles. The van der Waals surface area contributed by atoms with Crippen molar-refractivity contribution in [2.45, 2.75) is 32.9 Å². The maximum absolute atomic E-state index is 13.3. The largest absolute Gasteiger partial charge is 0.447 e. The number of fused-ring (bicyclic) bond motifs is 1. The van der Waals surface area contributed by atoms with Crippen LogP contribution in [0, 0.1) is 13.8 Å². The Morgan fingerprint density at radius 1 is 0.758 bits per heavy atom. The van der Waals surface area contributed by atoms with E-state index < -0.39 is 29.9 Å². The van der Waals surface area contributed by atoms with E-state index in [0.717, 1.165) is 16.0 Å². The highest BCUT2D eigenvalue weighted by Crippen LogP contribution is 2.28. The van der Waals surface area contributed by atoms with Crippen molar-refractivity contribution in [3.05, 3.63) is 106 Å². The molecule has 0 spiro atoms. The summed E-state index contributed by atoms with van der Waals surface area (Å²) in [7, 11) is 0. The lowest BCUT2D eigenvalue weighted by atomic mass is 9.98. The average Bonchev–Trinajstić information content (AvgIpc) is 3.07. The van der Waals surface area contributed by atoms with Crippen LogP contribution in [0.25, 0.3) is 0 Å². The number of aryl methyl sites for hydroxylation is 2. The second-order valence-electron chi connectivity index (χ2n) is 8.16. The fourth-order valence-corrected chi connectivity index (χ4v) is 3.76. The summed E-state index contributed by atoms with van der Waals surface area (Å²) in [5.41, 5.74) is 3.38. The van der Waals surface area contributed by atoms with Crippen LogP contribution in [-0.2, 0) is 9.53 Å². The van der Waals surface area contributed by atoms with Crippen LogP contribution in [-0.4, -0.2) is 34.5 Å². The first kappa shape index (κ1) is 22.1. The molecule has 1 heterocycles. The smallest absolute Gasteiger partial charge is 0.330 e. The molecular weight excluding hydrogens is 418 g/mol. The first-order valence-corrected chi connectivity index (χ1v) is 10.6. The number of rotatable bonds is 6. The Morgan fingerprint density at radius 2 is 1.24 bits per heavy atom. The summed E-state index contributed by atoms with van der Waals surface area (Å²) in [4.78, 5) is 52.8. The third-order valence-corrected chi connectivity index (χ3v) is 5.74. The predicted octanol–water partition coefficient (Wildman–Crippen LogP) is 4.46. The minimum atomic E-state index is -1.21. The Morgan fingerprint density at radius 3 is 1.76 bits per heavy atom. The second-order valence-corrected chi connectivity index (χ2v) is 8.16. The van der Waals surface area contributed by atoms with Gasteiger partial charge in [-0.3, -0.25) is 19.3 Å². The van der Waals surface area contributed by atoms with Crippen molar-refractivity contribution in [1.82, 2.24) is 4.90 Å². The Kier molecular flexibility index (Phi) is 5.92. The summed E-state index contributed by atoms with van der Waals surface area (Å²) >= 11 is 0. The van der Waals surface area contributed by atoms with Crippen molar-refractivity contribution in [3.8, 4) is 0 Å². The fraction of sp³-hybridized carbons (Fsp3) is 0.185. The van der Waals surface area contributed by atoms with Crippen LogP contribution in [0.2, 0.25) is 0 Å². The number of hydrogen-bond acceptors (Lipinski definition) is 5. The zero-order valence-electron chi connectivity index (χ0n) is 18.6. The summed E-state index contributed by atoms with van der Waals surface area (Å²) in [6, 6.07) is 19.3. The molecule has 1 aliphatic rings. The van der Waals surface area contributed by atoms with E-state index in [1.165, 1.54) is 6.92 Å². The van der Waals surface area contributed by atoms with Gasteiger partial charge in [0.25, 0.3) is 11.8 Å². The van der Waals surface area contributed by atoms with Gasteiger partial charge in [0.05, 0.1) is 11.1 Å². The molecule has 6 heteroatoms. The molecule has 3 aromatic rings. The monoisotopic (exact) mass is 441 g/mol. The van der Waals surface area contributed by atoms with Gasteiger partial charge >= 0.3 is 5.97 Å². The third kappa shape index (κ3) is 4.20. The van der Waals surface area contributed by atoms with Crippen molar-refractivity contribution in [3.63, 3.8) is 0 Å². The van der Waals surface area contributed by atoms with E-state index in [4.69, 9.17) is 4.74 Å². The Hall–Kier alpha value is -4.06. The number of nitrogens with zero attached hydrogens (tertiary/aromatic N) is 1. The van der Waals surface area contributed by atoms with Crippen LogP contribution in [0.4, 0.5) is 0 Å². The van der Waals surface area contributed by atoms with Gasteiger partial charge in [0, 0.05) is 11.1 Å². The number of hydrogen-bond donors (Lipinski definition) is 0. The molecule has 0 radical (unpaired) electrons. The zero-order valence-corrected chi connectivity index (χ0v) is 18.6. The van der Waals surface area contributed by atoms with Crippen LogP contribution in [0.15, 0.2) is 72.8 Å². The molecule has 0 unspecified atom stereocenters. The predicted molar refractivity (Wildman–Crippen MR) is 122 cm³/mol. The molecule has 0 N–H and O–H groups in total. The molecule has 6 nitrogen and oxygen atoms in total. The van der Waals surface area contributed by atoms with E-state index in [1.807, 2.05) is 38.1 Å². The van der Waals surface area contributed by atoms with Crippen molar-refractivity contribution in [2.75, 3.05) is 0 Å². The number of esters is 1. The lowest BCUT2D eigenvalue weighted by Gasteiger charge is -2.24. The molecule has 3 aromatic carbocycles. The normalized spacial score (nSPS) is 14.6. The molecule has 1 aliphatic heterocycles. The molecule has 166 valence electrons. The van der Waals surface area contributed by atoms with Gasteiger partial charge in [-0.05, 0) is 32.9 Å². The average molecular weight is 441 g/mol. The topological polar surface area (TPSA) is 80.8 Å². The molecule has 33 heavy (non-hydrogen) atoms. The highest BCUT2D eigenvalue weighted by molar-refractivity contribution is 6.22. The lowest BCUT2D eigenvalue weighted by Crippen LogP contribution is -2.44. The molecule has 0 saturated heterocycles. The minimum absolute atomic E-state index is 0.243. The first-order chi connectivity index (χ1) is 15.8. The fourth-order valence-electron chi connectivity index (χ4n) is 3.76. The molecule has 4 rings (SSSR count). The van der Waals surface area contributed by atoms with Gasteiger partial charge < -0.3 is 4.74 Å². The molecule has 0 aromatic heterocycles. The van der Waals surface area contributed by atoms with Gasteiger partial charge in [0.15, 0.2) is 6.10 Å². The molecule has 2 atom stereocenters. The van der Waals surface area contributed by atoms with E-state index in [-0.39, 0.29) is 16.9 Å². The summed E-state index contributed by atoms with van der Waals surface area (Å²) in [5.74, 6) is -2.34. The lowest BCUT2D eigenvalue weighted by molar-refractivity contribution is -0.151. The summed E-state index contributed by atoms with van der Waals surface area (Å²) in [5, 5.41) is 0. The van der Waals surface area contributed by atoms with Crippen molar-refractivity contribution in [2.24, 2.45) is 0 Å². The van der Waals surface area contributed by atoms with Gasteiger partial charge in [-0.1, -0.05) is 71.8 Å². The third-order valence-electron chi connectivity index (χ3n) is 5.74. The van der Waals surface area contributed by atoms with Crippen LogP contribution >= 0.6 is 0 Å². The summed E-state index contributed by atoms with van der Waals surface area (Å²) < 4.78 is 5.66. The number of ketones is 1. The molecule has 0 aliphatic carbocycles. The van der Waals surface area contributed by atoms with Gasteiger partial charge in [-0.2, -0.15) is 0 Å². The quantitative estimate of drug-likeness (QED) is 0.321. The van der Waals surface area contributed by atoms with Crippen molar-refractivity contribution >= 4 is 23.6 Å². The van der Waals surface area contributed by atoms with Crippen LogP contribution in [0.5, 0.6) is 0 Å².